The first-order valence-corrected chi connectivity index (χ1v) is 5.54. The van der Waals surface area contributed by atoms with Crippen molar-refractivity contribution in [2.75, 3.05) is 26.3 Å². The Morgan fingerprint density at radius 2 is 2.12 bits per heavy atom. The summed E-state index contributed by atoms with van der Waals surface area (Å²) < 4.78 is 28.0. The van der Waals surface area contributed by atoms with E-state index in [0.717, 1.165) is 25.9 Å². The minimum Gasteiger partial charge on any atom is -0.375 e. The normalized spacial score (nSPS) is 17.7. The lowest BCUT2D eigenvalue weighted by atomic mass is 10.1. The number of halogens is 2. The van der Waals surface area contributed by atoms with E-state index >= 15 is 0 Å². The zero-order valence-electron chi connectivity index (χ0n) is 9.18. The third-order valence-electron chi connectivity index (χ3n) is 2.42. The van der Waals surface area contributed by atoms with Crippen LogP contribution in [-0.2, 0) is 9.53 Å². The molecular formula is C10H18F2N2O2. The highest BCUT2D eigenvalue weighted by molar-refractivity contribution is 5.76. The summed E-state index contributed by atoms with van der Waals surface area (Å²) in [4.78, 5) is 11.4. The quantitative estimate of drug-likeness (QED) is 0.661. The van der Waals surface area contributed by atoms with E-state index in [4.69, 9.17) is 0 Å². The minimum atomic E-state index is -2.47. The van der Waals surface area contributed by atoms with Crippen molar-refractivity contribution in [2.24, 2.45) is 0 Å². The van der Waals surface area contributed by atoms with Gasteiger partial charge in [0.1, 0.15) is 6.61 Å². The number of nitrogens with one attached hydrogen (secondary N) is 2. The number of amides is 1. The molecule has 0 aliphatic carbocycles. The highest BCUT2D eigenvalue weighted by Crippen LogP contribution is 2.02. The van der Waals surface area contributed by atoms with Crippen LogP contribution >= 0.6 is 0 Å². The first kappa shape index (κ1) is 13.3. The summed E-state index contributed by atoms with van der Waals surface area (Å²) in [5.41, 5.74) is 0. The second-order valence-electron chi connectivity index (χ2n) is 3.81. The van der Waals surface area contributed by atoms with Crippen molar-refractivity contribution in [3.05, 3.63) is 0 Å². The number of ether oxygens (including phenoxy) is 1. The van der Waals surface area contributed by atoms with Crippen LogP contribution in [0.5, 0.6) is 0 Å². The molecule has 1 rings (SSSR count). The van der Waals surface area contributed by atoms with Crippen molar-refractivity contribution in [1.29, 1.82) is 0 Å². The first-order chi connectivity index (χ1) is 7.68. The Hall–Kier alpha value is -0.750. The molecule has 0 unspecified atom stereocenters. The standard InChI is InChI=1S/C10H18F2N2O2/c11-9(12)7-16-6-3-10(15)14-8-1-4-13-5-2-8/h8-9,13H,1-7H2,(H,14,15). The molecule has 0 spiro atoms. The lowest BCUT2D eigenvalue weighted by Crippen LogP contribution is -2.42. The maximum atomic E-state index is 11.7. The van der Waals surface area contributed by atoms with Crippen LogP contribution in [0, 0.1) is 0 Å². The van der Waals surface area contributed by atoms with Gasteiger partial charge in [-0.25, -0.2) is 8.78 Å². The predicted octanol–water partition coefficient (Wildman–Crippen LogP) is 0.526. The summed E-state index contributed by atoms with van der Waals surface area (Å²) in [6.07, 6.45) is -0.475. The Labute approximate surface area is 93.7 Å². The monoisotopic (exact) mass is 236 g/mol. The SMILES string of the molecule is O=C(CCOCC(F)F)NC1CCNCC1. The maximum Gasteiger partial charge on any atom is 0.261 e. The average Bonchev–Trinajstić information content (AvgIpc) is 2.25. The molecule has 0 saturated carbocycles. The van der Waals surface area contributed by atoms with Gasteiger partial charge in [0.25, 0.3) is 6.43 Å². The van der Waals surface area contributed by atoms with E-state index in [1.54, 1.807) is 0 Å². The summed E-state index contributed by atoms with van der Waals surface area (Å²) in [7, 11) is 0. The van der Waals surface area contributed by atoms with Crippen LogP contribution in [0.2, 0.25) is 0 Å². The van der Waals surface area contributed by atoms with Gasteiger partial charge in [-0.2, -0.15) is 0 Å². The van der Waals surface area contributed by atoms with E-state index < -0.39 is 13.0 Å². The van der Waals surface area contributed by atoms with Crippen molar-refractivity contribution in [3.63, 3.8) is 0 Å². The van der Waals surface area contributed by atoms with Gasteiger partial charge in [-0.3, -0.25) is 4.79 Å². The van der Waals surface area contributed by atoms with Crippen molar-refractivity contribution in [3.8, 4) is 0 Å². The summed E-state index contributed by atoms with van der Waals surface area (Å²) in [5.74, 6) is -0.124. The molecule has 94 valence electrons. The van der Waals surface area contributed by atoms with Crippen LogP contribution in [0.1, 0.15) is 19.3 Å². The van der Waals surface area contributed by atoms with Crippen LogP contribution < -0.4 is 10.6 Å². The Balaban J connectivity index is 2.01. The maximum absolute atomic E-state index is 11.7. The molecule has 6 heteroatoms. The van der Waals surface area contributed by atoms with Gasteiger partial charge in [0.05, 0.1) is 6.61 Å². The molecule has 1 aliphatic heterocycles. The van der Waals surface area contributed by atoms with Gasteiger partial charge in [0.2, 0.25) is 5.91 Å². The van der Waals surface area contributed by atoms with E-state index in [1.165, 1.54) is 0 Å². The molecule has 2 N–H and O–H groups in total. The Morgan fingerprint density at radius 1 is 1.44 bits per heavy atom. The molecule has 1 aliphatic rings. The fraction of sp³-hybridized carbons (Fsp3) is 0.900. The van der Waals surface area contributed by atoms with Crippen LogP contribution in [0.25, 0.3) is 0 Å². The Bertz CT molecular complexity index is 209. The summed E-state index contributed by atoms with van der Waals surface area (Å²) in [6.45, 7) is 1.28. The van der Waals surface area contributed by atoms with Gasteiger partial charge in [-0.05, 0) is 25.9 Å². The summed E-state index contributed by atoms with van der Waals surface area (Å²) in [5, 5.41) is 6.05. The molecule has 0 aromatic rings. The molecule has 0 atom stereocenters. The minimum absolute atomic E-state index is 0.0567. The summed E-state index contributed by atoms with van der Waals surface area (Å²) >= 11 is 0. The molecule has 1 amide bonds. The van der Waals surface area contributed by atoms with Crippen molar-refractivity contribution in [2.45, 2.75) is 31.7 Å². The van der Waals surface area contributed by atoms with E-state index in [2.05, 4.69) is 15.4 Å². The molecular weight excluding hydrogens is 218 g/mol. The number of hydrogen-bond acceptors (Lipinski definition) is 3. The number of hydrogen-bond donors (Lipinski definition) is 2. The highest BCUT2D eigenvalue weighted by atomic mass is 19.3. The number of alkyl halides is 2. The van der Waals surface area contributed by atoms with Gasteiger partial charge in [-0.1, -0.05) is 0 Å². The molecule has 1 saturated heterocycles. The second kappa shape index (κ2) is 7.51. The van der Waals surface area contributed by atoms with E-state index in [1.807, 2.05) is 0 Å². The van der Waals surface area contributed by atoms with Gasteiger partial charge in [-0.15, -0.1) is 0 Å². The average molecular weight is 236 g/mol. The summed E-state index contributed by atoms with van der Waals surface area (Å²) in [6, 6.07) is 0.212. The Kier molecular flexibility index (Phi) is 6.25. The van der Waals surface area contributed by atoms with Crippen LogP contribution in [-0.4, -0.2) is 44.7 Å². The second-order valence-corrected chi connectivity index (χ2v) is 3.81. The lowest BCUT2D eigenvalue weighted by Gasteiger charge is -2.23. The lowest BCUT2D eigenvalue weighted by molar-refractivity contribution is -0.123. The fourth-order valence-electron chi connectivity index (χ4n) is 1.60. The number of carbonyl (C=O) groups is 1. The molecule has 1 heterocycles. The van der Waals surface area contributed by atoms with E-state index in [9.17, 15) is 13.6 Å². The van der Waals surface area contributed by atoms with E-state index in [0.29, 0.717) is 0 Å². The van der Waals surface area contributed by atoms with E-state index in [-0.39, 0.29) is 25.0 Å². The third-order valence-corrected chi connectivity index (χ3v) is 2.42. The topological polar surface area (TPSA) is 50.4 Å². The van der Waals surface area contributed by atoms with Crippen LogP contribution in [0.4, 0.5) is 8.78 Å². The number of piperidine rings is 1. The molecule has 0 aromatic carbocycles. The van der Waals surface area contributed by atoms with Crippen molar-refractivity contribution in [1.82, 2.24) is 10.6 Å². The van der Waals surface area contributed by atoms with Crippen LogP contribution in [0.15, 0.2) is 0 Å². The van der Waals surface area contributed by atoms with Gasteiger partial charge in [0, 0.05) is 12.5 Å². The largest absolute Gasteiger partial charge is 0.375 e. The van der Waals surface area contributed by atoms with Gasteiger partial charge < -0.3 is 15.4 Å². The smallest absolute Gasteiger partial charge is 0.261 e. The number of carbonyl (C=O) groups excluding carboxylic acids is 1. The van der Waals surface area contributed by atoms with Gasteiger partial charge >= 0.3 is 0 Å². The molecule has 0 bridgehead atoms. The third kappa shape index (κ3) is 5.97. The predicted molar refractivity (Wildman–Crippen MR) is 55.5 cm³/mol. The number of rotatable bonds is 6. The first-order valence-electron chi connectivity index (χ1n) is 5.54. The van der Waals surface area contributed by atoms with Crippen molar-refractivity contribution < 1.29 is 18.3 Å². The fourth-order valence-corrected chi connectivity index (χ4v) is 1.60. The Morgan fingerprint density at radius 3 is 2.75 bits per heavy atom. The van der Waals surface area contributed by atoms with Gasteiger partial charge in [0.15, 0.2) is 0 Å². The molecule has 0 radical (unpaired) electrons. The molecule has 0 aromatic heterocycles. The highest BCUT2D eigenvalue weighted by Gasteiger charge is 2.15. The molecule has 16 heavy (non-hydrogen) atoms. The van der Waals surface area contributed by atoms with Crippen molar-refractivity contribution >= 4 is 5.91 Å². The molecule has 1 fully saturated rings. The zero-order valence-corrected chi connectivity index (χ0v) is 9.18. The van der Waals surface area contributed by atoms with Crippen LogP contribution in [0.3, 0.4) is 0 Å². The molecule has 4 nitrogen and oxygen atoms in total. The zero-order chi connectivity index (χ0) is 11.8.